The molecule has 1 fully saturated rings. The standard InChI is InChI=1S/C18H20FN3O3.ClH/c19-13-5-3-12(4-6-13)11-22-9-1-2-15(18(22)24)21-17(23)16-8-7-14(10-20)25-16;/h1-6,9,14,16H,7-8,10-11,20H2,(H,21,23);1H/t14-,16+;/m1./s1. The molecule has 2 aromatic rings. The molecule has 0 spiro atoms. The number of hydrogen-bond acceptors (Lipinski definition) is 4. The smallest absolute Gasteiger partial charge is 0.274 e. The van der Waals surface area contributed by atoms with Gasteiger partial charge in [-0.15, -0.1) is 12.4 Å². The first kappa shape index (κ1) is 20.1. The Morgan fingerprint density at radius 1 is 1.27 bits per heavy atom. The molecule has 8 heteroatoms. The van der Waals surface area contributed by atoms with Gasteiger partial charge in [-0.3, -0.25) is 9.59 Å². The number of amides is 1. The van der Waals surface area contributed by atoms with Crippen LogP contribution in [-0.2, 0) is 16.1 Å². The third-order valence-electron chi connectivity index (χ3n) is 4.21. The maximum absolute atomic E-state index is 13.0. The van der Waals surface area contributed by atoms with Crippen LogP contribution in [0, 0.1) is 5.82 Å². The summed E-state index contributed by atoms with van der Waals surface area (Å²) in [6, 6.07) is 9.16. The molecule has 140 valence electrons. The van der Waals surface area contributed by atoms with Crippen molar-refractivity contribution >= 4 is 24.0 Å². The molecule has 1 aliphatic rings. The largest absolute Gasteiger partial charge is 0.364 e. The Kier molecular flexibility index (Phi) is 6.90. The molecular weight excluding hydrogens is 361 g/mol. The molecule has 26 heavy (non-hydrogen) atoms. The van der Waals surface area contributed by atoms with Crippen molar-refractivity contribution < 1.29 is 13.9 Å². The van der Waals surface area contributed by atoms with Gasteiger partial charge in [0.15, 0.2) is 0 Å². The molecule has 1 aliphatic heterocycles. The van der Waals surface area contributed by atoms with Gasteiger partial charge in [0.05, 0.1) is 12.6 Å². The van der Waals surface area contributed by atoms with Gasteiger partial charge in [0.1, 0.15) is 17.6 Å². The second-order valence-corrected chi connectivity index (χ2v) is 6.03. The molecule has 2 heterocycles. The molecule has 1 amide bonds. The van der Waals surface area contributed by atoms with E-state index in [4.69, 9.17) is 10.5 Å². The number of halogens is 2. The van der Waals surface area contributed by atoms with E-state index < -0.39 is 6.10 Å². The summed E-state index contributed by atoms with van der Waals surface area (Å²) in [4.78, 5) is 24.8. The van der Waals surface area contributed by atoms with E-state index in [1.807, 2.05) is 0 Å². The number of rotatable bonds is 5. The average molecular weight is 382 g/mol. The van der Waals surface area contributed by atoms with Gasteiger partial charge in [0.2, 0.25) is 0 Å². The number of nitrogens with zero attached hydrogens (tertiary/aromatic N) is 1. The number of pyridine rings is 1. The fourth-order valence-corrected chi connectivity index (χ4v) is 2.83. The molecule has 3 N–H and O–H groups in total. The summed E-state index contributed by atoms with van der Waals surface area (Å²) in [5.41, 5.74) is 6.19. The van der Waals surface area contributed by atoms with E-state index >= 15 is 0 Å². The number of benzene rings is 1. The normalized spacial score (nSPS) is 19.0. The van der Waals surface area contributed by atoms with Gasteiger partial charge in [-0.1, -0.05) is 12.1 Å². The highest BCUT2D eigenvalue weighted by molar-refractivity contribution is 5.94. The summed E-state index contributed by atoms with van der Waals surface area (Å²) in [6.45, 7) is 0.664. The zero-order valence-corrected chi connectivity index (χ0v) is 14.9. The number of nitrogens with one attached hydrogen (secondary N) is 1. The zero-order valence-electron chi connectivity index (χ0n) is 14.1. The van der Waals surface area contributed by atoms with Crippen molar-refractivity contribution in [2.24, 2.45) is 5.73 Å². The molecule has 3 rings (SSSR count). The van der Waals surface area contributed by atoms with Gasteiger partial charge in [-0.25, -0.2) is 4.39 Å². The Labute approximate surface area is 156 Å². The van der Waals surface area contributed by atoms with E-state index in [2.05, 4.69) is 5.32 Å². The van der Waals surface area contributed by atoms with Crippen molar-refractivity contribution in [3.8, 4) is 0 Å². The van der Waals surface area contributed by atoms with Gasteiger partial charge >= 0.3 is 0 Å². The minimum absolute atomic E-state index is 0. The summed E-state index contributed by atoms with van der Waals surface area (Å²) in [7, 11) is 0. The van der Waals surface area contributed by atoms with E-state index in [9.17, 15) is 14.0 Å². The van der Waals surface area contributed by atoms with Gasteiger partial charge in [-0.2, -0.15) is 0 Å². The van der Waals surface area contributed by atoms with E-state index in [0.717, 1.165) is 12.0 Å². The fraction of sp³-hybridized carbons (Fsp3) is 0.333. The van der Waals surface area contributed by atoms with Crippen LogP contribution in [0.5, 0.6) is 0 Å². The Bertz CT molecular complexity index is 810. The monoisotopic (exact) mass is 381 g/mol. The summed E-state index contributed by atoms with van der Waals surface area (Å²) in [5, 5.41) is 2.63. The van der Waals surface area contributed by atoms with Gasteiger partial charge < -0.3 is 20.4 Å². The second kappa shape index (κ2) is 8.93. The highest BCUT2D eigenvalue weighted by Gasteiger charge is 2.30. The Morgan fingerprint density at radius 3 is 2.65 bits per heavy atom. The highest BCUT2D eigenvalue weighted by Crippen LogP contribution is 2.19. The van der Waals surface area contributed by atoms with E-state index in [1.165, 1.54) is 16.7 Å². The summed E-state index contributed by atoms with van der Waals surface area (Å²) in [5.74, 6) is -0.669. The van der Waals surface area contributed by atoms with Crippen molar-refractivity contribution in [1.29, 1.82) is 0 Å². The Morgan fingerprint density at radius 2 is 2.00 bits per heavy atom. The summed E-state index contributed by atoms with van der Waals surface area (Å²) in [6.07, 6.45) is 2.25. The zero-order chi connectivity index (χ0) is 17.8. The first-order chi connectivity index (χ1) is 12.1. The number of aromatic nitrogens is 1. The van der Waals surface area contributed by atoms with E-state index in [-0.39, 0.29) is 48.0 Å². The number of anilines is 1. The number of carbonyl (C=O) groups is 1. The molecule has 1 aromatic heterocycles. The van der Waals surface area contributed by atoms with Crippen LogP contribution in [0.1, 0.15) is 18.4 Å². The van der Waals surface area contributed by atoms with Crippen molar-refractivity contribution in [3.63, 3.8) is 0 Å². The lowest BCUT2D eigenvalue weighted by molar-refractivity contribution is -0.126. The third kappa shape index (κ3) is 4.69. The van der Waals surface area contributed by atoms with Gasteiger partial charge in [0.25, 0.3) is 11.5 Å². The molecule has 0 aliphatic carbocycles. The van der Waals surface area contributed by atoms with Crippen LogP contribution >= 0.6 is 12.4 Å². The maximum atomic E-state index is 13.0. The number of carbonyl (C=O) groups excluding carboxylic acids is 1. The molecule has 2 atom stereocenters. The topological polar surface area (TPSA) is 86.4 Å². The fourth-order valence-electron chi connectivity index (χ4n) is 2.83. The Balaban J connectivity index is 0.00000243. The SMILES string of the molecule is Cl.NC[C@H]1CC[C@@H](C(=O)Nc2cccn(Cc3ccc(F)cc3)c2=O)O1. The van der Waals surface area contributed by atoms with Crippen LogP contribution in [0.15, 0.2) is 47.4 Å². The molecule has 0 unspecified atom stereocenters. The first-order valence-electron chi connectivity index (χ1n) is 8.17. The summed E-state index contributed by atoms with van der Waals surface area (Å²) >= 11 is 0. The summed E-state index contributed by atoms with van der Waals surface area (Å²) < 4.78 is 20.0. The van der Waals surface area contributed by atoms with Gasteiger partial charge in [-0.05, 0) is 42.7 Å². The van der Waals surface area contributed by atoms with Crippen molar-refractivity contribution in [1.82, 2.24) is 4.57 Å². The highest BCUT2D eigenvalue weighted by atomic mass is 35.5. The predicted molar refractivity (Wildman–Crippen MR) is 99.0 cm³/mol. The molecule has 1 aromatic carbocycles. The van der Waals surface area contributed by atoms with Crippen LogP contribution < -0.4 is 16.6 Å². The minimum atomic E-state index is -0.585. The predicted octanol–water partition coefficient (Wildman–Crippen LogP) is 1.90. The quantitative estimate of drug-likeness (QED) is 0.828. The van der Waals surface area contributed by atoms with Crippen molar-refractivity contribution in [2.75, 3.05) is 11.9 Å². The second-order valence-electron chi connectivity index (χ2n) is 6.03. The van der Waals surface area contributed by atoms with E-state index in [1.54, 1.807) is 30.5 Å². The van der Waals surface area contributed by atoms with Crippen LogP contribution in [0.4, 0.5) is 10.1 Å². The minimum Gasteiger partial charge on any atom is -0.364 e. The van der Waals surface area contributed by atoms with Crippen LogP contribution in [0.2, 0.25) is 0 Å². The van der Waals surface area contributed by atoms with Crippen molar-refractivity contribution in [2.45, 2.75) is 31.6 Å². The van der Waals surface area contributed by atoms with Gasteiger partial charge in [0, 0.05) is 12.7 Å². The Hall–Kier alpha value is -2.22. The first-order valence-corrected chi connectivity index (χ1v) is 8.17. The molecule has 0 bridgehead atoms. The number of ether oxygens (including phenoxy) is 1. The lowest BCUT2D eigenvalue weighted by atomic mass is 10.2. The lowest BCUT2D eigenvalue weighted by Crippen LogP contribution is -2.33. The van der Waals surface area contributed by atoms with Crippen molar-refractivity contribution in [3.05, 3.63) is 64.3 Å². The molecule has 0 saturated carbocycles. The maximum Gasteiger partial charge on any atom is 0.274 e. The lowest BCUT2D eigenvalue weighted by Gasteiger charge is -2.13. The van der Waals surface area contributed by atoms with Crippen LogP contribution in [0.3, 0.4) is 0 Å². The molecule has 6 nitrogen and oxygen atoms in total. The van der Waals surface area contributed by atoms with Crippen LogP contribution in [0.25, 0.3) is 0 Å². The number of nitrogens with two attached hydrogens (primary N) is 1. The number of hydrogen-bond donors (Lipinski definition) is 2. The molecule has 1 saturated heterocycles. The molecular formula is C18H21ClFN3O3. The van der Waals surface area contributed by atoms with Crippen LogP contribution in [-0.4, -0.2) is 29.2 Å². The third-order valence-corrected chi connectivity index (χ3v) is 4.21. The molecule has 0 radical (unpaired) electrons. The van der Waals surface area contributed by atoms with E-state index in [0.29, 0.717) is 13.0 Å². The average Bonchev–Trinajstić information content (AvgIpc) is 3.09.